The summed E-state index contributed by atoms with van der Waals surface area (Å²) in [5, 5.41) is 2.66. The van der Waals surface area contributed by atoms with Crippen molar-refractivity contribution < 1.29 is 0 Å². The third-order valence-electron chi connectivity index (χ3n) is 5.41. The van der Waals surface area contributed by atoms with Crippen molar-refractivity contribution in [2.75, 3.05) is 0 Å². The van der Waals surface area contributed by atoms with Gasteiger partial charge in [-0.25, -0.2) is 0 Å². The van der Waals surface area contributed by atoms with E-state index in [0.29, 0.717) is 0 Å². The Balaban J connectivity index is 1.82. The Morgan fingerprint density at radius 2 is 1.62 bits per heavy atom. The van der Waals surface area contributed by atoms with Crippen LogP contribution in [-0.4, -0.2) is 4.57 Å². The molecule has 0 spiro atoms. The van der Waals surface area contributed by atoms with Crippen LogP contribution in [0.3, 0.4) is 0 Å². The van der Waals surface area contributed by atoms with E-state index in [1.165, 1.54) is 44.2 Å². The zero-order chi connectivity index (χ0) is 17.5. The van der Waals surface area contributed by atoms with Crippen molar-refractivity contribution in [1.82, 2.24) is 4.57 Å². The van der Waals surface area contributed by atoms with Gasteiger partial charge < -0.3 is 4.57 Å². The Kier molecular flexibility index (Phi) is 3.53. The molecule has 0 N–H and O–H groups in total. The van der Waals surface area contributed by atoms with Crippen LogP contribution < -0.4 is 0 Å². The molecule has 1 aliphatic rings. The summed E-state index contributed by atoms with van der Waals surface area (Å²) in [7, 11) is 0. The van der Waals surface area contributed by atoms with Crippen LogP contribution >= 0.6 is 0 Å². The molecule has 5 rings (SSSR count). The number of rotatable bonds is 2. The molecule has 3 aromatic carbocycles. The second-order valence-corrected chi connectivity index (χ2v) is 7.02. The van der Waals surface area contributed by atoms with E-state index in [1.54, 1.807) is 0 Å². The summed E-state index contributed by atoms with van der Waals surface area (Å²) in [5.41, 5.74) is 7.89. The van der Waals surface area contributed by atoms with E-state index in [0.717, 1.165) is 12.8 Å². The van der Waals surface area contributed by atoms with Gasteiger partial charge >= 0.3 is 0 Å². The summed E-state index contributed by atoms with van der Waals surface area (Å²) in [6, 6.07) is 24.3. The smallest absolute Gasteiger partial charge is 0.0538 e. The first-order chi connectivity index (χ1) is 12.8. The number of nitrogens with zero attached hydrogens (tertiary/aromatic N) is 1. The third kappa shape index (κ3) is 2.32. The quantitative estimate of drug-likeness (QED) is 0.373. The highest BCUT2D eigenvalue weighted by molar-refractivity contribution is 6.11. The molecule has 1 heterocycles. The Hall–Kier alpha value is -3.06. The molecular weight excluding hydrogens is 314 g/mol. The Morgan fingerprint density at radius 3 is 2.46 bits per heavy atom. The van der Waals surface area contributed by atoms with Crippen LogP contribution in [0.1, 0.15) is 18.4 Å². The number of hydrogen-bond donors (Lipinski definition) is 0. The Morgan fingerprint density at radius 1 is 0.808 bits per heavy atom. The van der Waals surface area contributed by atoms with E-state index in [2.05, 4.69) is 96.4 Å². The van der Waals surface area contributed by atoms with E-state index in [1.807, 2.05) is 0 Å². The van der Waals surface area contributed by atoms with Gasteiger partial charge in [0.25, 0.3) is 0 Å². The Bertz CT molecular complexity index is 1190. The molecule has 1 nitrogen and oxygen atoms in total. The lowest BCUT2D eigenvalue weighted by Gasteiger charge is -2.14. The van der Waals surface area contributed by atoms with Crippen LogP contribution in [0.15, 0.2) is 85.0 Å². The lowest BCUT2D eigenvalue weighted by molar-refractivity contribution is 0.979. The molecule has 0 bridgehead atoms. The first kappa shape index (κ1) is 15.2. The number of para-hydroxylation sites is 1. The molecular formula is C25H21N. The van der Waals surface area contributed by atoms with Gasteiger partial charge in [-0.1, -0.05) is 60.7 Å². The van der Waals surface area contributed by atoms with Crippen LogP contribution in [0.4, 0.5) is 0 Å². The highest BCUT2D eigenvalue weighted by atomic mass is 15.0. The molecule has 0 radical (unpaired) electrons. The fraction of sp³-hybridized carbons (Fsp3) is 0.120. The second kappa shape index (κ2) is 6.03. The average Bonchev–Trinajstić information content (AvgIpc) is 3.03. The molecule has 0 unspecified atom stereocenters. The normalized spacial score (nSPS) is 14.1. The SMILES string of the molecule is Cc1ccccc1-c1ccc2c(c1)c1ccccc1n2C1=CC=CCC1. The summed E-state index contributed by atoms with van der Waals surface area (Å²) >= 11 is 0. The van der Waals surface area contributed by atoms with Crippen LogP contribution in [0.5, 0.6) is 0 Å². The third-order valence-corrected chi connectivity index (χ3v) is 5.41. The molecule has 0 saturated heterocycles. The second-order valence-electron chi connectivity index (χ2n) is 7.02. The predicted molar refractivity (Wildman–Crippen MR) is 112 cm³/mol. The van der Waals surface area contributed by atoms with Gasteiger partial charge in [0.15, 0.2) is 0 Å². The summed E-state index contributed by atoms with van der Waals surface area (Å²) in [6.07, 6.45) is 8.88. The van der Waals surface area contributed by atoms with E-state index < -0.39 is 0 Å². The van der Waals surface area contributed by atoms with Crippen molar-refractivity contribution in [3.05, 3.63) is 90.5 Å². The lowest BCUT2D eigenvalue weighted by atomic mass is 9.99. The minimum absolute atomic E-state index is 1.09. The molecule has 4 aromatic rings. The van der Waals surface area contributed by atoms with Crippen LogP contribution in [0, 0.1) is 6.92 Å². The molecule has 0 saturated carbocycles. The molecule has 126 valence electrons. The number of aromatic nitrogens is 1. The van der Waals surface area contributed by atoms with Crippen molar-refractivity contribution in [1.29, 1.82) is 0 Å². The van der Waals surface area contributed by atoms with Gasteiger partial charge in [0.05, 0.1) is 11.0 Å². The largest absolute Gasteiger partial charge is 0.313 e. The van der Waals surface area contributed by atoms with Crippen molar-refractivity contribution in [2.45, 2.75) is 19.8 Å². The summed E-state index contributed by atoms with van der Waals surface area (Å²) in [5.74, 6) is 0. The van der Waals surface area contributed by atoms with Crippen molar-refractivity contribution in [3.63, 3.8) is 0 Å². The Labute approximate surface area is 153 Å². The van der Waals surface area contributed by atoms with Gasteiger partial charge in [-0.15, -0.1) is 0 Å². The zero-order valence-corrected chi connectivity index (χ0v) is 14.9. The monoisotopic (exact) mass is 335 g/mol. The summed E-state index contributed by atoms with van der Waals surface area (Å²) in [6.45, 7) is 2.18. The topological polar surface area (TPSA) is 4.93 Å². The van der Waals surface area contributed by atoms with Gasteiger partial charge in [0, 0.05) is 16.5 Å². The van der Waals surface area contributed by atoms with E-state index in [4.69, 9.17) is 0 Å². The van der Waals surface area contributed by atoms with Gasteiger partial charge in [0.2, 0.25) is 0 Å². The number of hydrogen-bond acceptors (Lipinski definition) is 0. The fourth-order valence-electron chi connectivity index (χ4n) is 4.12. The van der Waals surface area contributed by atoms with Crippen LogP contribution in [0.25, 0.3) is 38.6 Å². The maximum Gasteiger partial charge on any atom is 0.0538 e. The highest BCUT2D eigenvalue weighted by Crippen LogP contribution is 2.36. The van der Waals surface area contributed by atoms with Crippen LogP contribution in [-0.2, 0) is 0 Å². The van der Waals surface area contributed by atoms with Gasteiger partial charge in [-0.05, 0) is 60.7 Å². The molecule has 0 aliphatic heterocycles. The average molecular weight is 335 g/mol. The maximum atomic E-state index is 2.44. The van der Waals surface area contributed by atoms with E-state index in [9.17, 15) is 0 Å². The molecule has 1 heteroatoms. The lowest BCUT2D eigenvalue weighted by Crippen LogP contribution is -1.98. The molecule has 1 aliphatic carbocycles. The number of fused-ring (bicyclic) bond motifs is 3. The fourth-order valence-corrected chi connectivity index (χ4v) is 4.12. The zero-order valence-electron chi connectivity index (χ0n) is 14.9. The van der Waals surface area contributed by atoms with Crippen LogP contribution in [0.2, 0.25) is 0 Å². The number of aryl methyl sites for hydroxylation is 1. The van der Waals surface area contributed by atoms with Crippen molar-refractivity contribution >= 4 is 27.5 Å². The summed E-state index contributed by atoms with van der Waals surface area (Å²) in [4.78, 5) is 0. The van der Waals surface area contributed by atoms with Crippen molar-refractivity contribution in [2.24, 2.45) is 0 Å². The van der Waals surface area contributed by atoms with Gasteiger partial charge in [-0.2, -0.15) is 0 Å². The van der Waals surface area contributed by atoms with E-state index >= 15 is 0 Å². The summed E-state index contributed by atoms with van der Waals surface area (Å²) < 4.78 is 2.44. The number of benzene rings is 3. The minimum atomic E-state index is 1.09. The van der Waals surface area contributed by atoms with Gasteiger partial charge in [0.1, 0.15) is 0 Å². The molecule has 0 amide bonds. The first-order valence-corrected chi connectivity index (χ1v) is 9.28. The van der Waals surface area contributed by atoms with Gasteiger partial charge in [-0.3, -0.25) is 0 Å². The standard InChI is InChI=1S/C25H21N/c1-18-9-5-6-12-21(18)19-15-16-25-23(17-19)22-13-7-8-14-24(22)26(25)20-10-3-2-4-11-20/h2-3,5-10,12-17H,4,11H2,1H3. The number of allylic oxidation sites excluding steroid dienone is 4. The highest BCUT2D eigenvalue weighted by Gasteiger charge is 2.15. The predicted octanol–water partition coefficient (Wildman–Crippen LogP) is 6.96. The van der Waals surface area contributed by atoms with Crippen molar-refractivity contribution in [3.8, 4) is 11.1 Å². The maximum absolute atomic E-state index is 2.44. The minimum Gasteiger partial charge on any atom is -0.313 e. The molecule has 0 fully saturated rings. The molecule has 26 heavy (non-hydrogen) atoms. The first-order valence-electron chi connectivity index (χ1n) is 9.28. The van der Waals surface area contributed by atoms with E-state index in [-0.39, 0.29) is 0 Å². The molecule has 0 atom stereocenters. The molecule has 1 aromatic heterocycles.